The van der Waals surface area contributed by atoms with E-state index in [0.29, 0.717) is 25.1 Å². The van der Waals surface area contributed by atoms with E-state index in [0.717, 1.165) is 6.42 Å². The van der Waals surface area contributed by atoms with Crippen molar-refractivity contribution in [2.24, 2.45) is 0 Å². The van der Waals surface area contributed by atoms with Crippen LogP contribution in [0.15, 0.2) is 59.8 Å². The molecule has 1 aromatic heterocycles. The SMILES string of the molecule is O=C(CCNC(=O)C1CCCCN1S(=O)(=O)c1ccccc1)Nc1cccnc1. The highest BCUT2D eigenvalue weighted by Gasteiger charge is 2.37. The molecule has 0 aliphatic carbocycles. The number of sulfonamides is 1. The maximum absolute atomic E-state index is 13.0. The van der Waals surface area contributed by atoms with Crippen LogP contribution < -0.4 is 10.6 Å². The number of pyridine rings is 1. The zero-order chi connectivity index (χ0) is 20.7. The normalized spacial score (nSPS) is 17.4. The van der Waals surface area contributed by atoms with Gasteiger partial charge in [0.2, 0.25) is 21.8 Å². The predicted octanol–water partition coefficient (Wildman–Crippen LogP) is 1.77. The van der Waals surface area contributed by atoms with Gasteiger partial charge < -0.3 is 10.6 Å². The molecule has 1 aliphatic rings. The minimum absolute atomic E-state index is 0.0821. The van der Waals surface area contributed by atoms with E-state index in [9.17, 15) is 18.0 Å². The maximum atomic E-state index is 13.0. The van der Waals surface area contributed by atoms with Crippen molar-refractivity contribution in [1.82, 2.24) is 14.6 Å². The Morgan fingerprint density at radius 3 is 2.62 bits per heavy atom. The highest BCUT2D eigenvalue weighted by atomic mass is 32.2. The van der Waals surface area contributed by atoms with Crippen LogP contribution in [-0.2, 0) is 19.6 Å². The molecular weight excluding hydrogens is 392 g/mol. The molecule has 2 heterocycles. The van der Waals surface area contributed by atoms with Crippen molar-refractivity contribution in [2.75, 3.05) is 18.4 Å². The fraction of sp³-hybridized carbons (Fsp3) is 0.350. The standard InChI is InChI=1S/C20H24N4O4S/c25-19(23-16-7-6-12-21-15-16)11-13-22-20(26)18-10-4-5-14-24(18)29(27,28)17-8-2-1-3-9-17/h1-3,6-9,12,15,18H,4-5,10-11,13-14H2,(H,22,26)(H,23,25). The summed E-state index contributed by atoms with van der Waals surface area (Å²) in [6.45, 7) is 0.428. The molecule has 1 atom stereocenters. The Morgan fingerprint density at radius 1 is 1.10 bits per heavy atom. The first-order chi connectivity index (χ1) is 14.0. The number of benzene rings is 1. The minimum atomic E-state index is -3.75. The van der Waals surface area contributed by atoms with E-state index < -0.39 is 16.1 Å². The second-order valence-electron chi connectivity index (χ2n) is 6.77. The van der Waals surface area contributed by atoms with Crippen LogP contribution in [0.25, 0.3) is 0 Å². The molecule has 2 N–H and O–H groups in total. The molecule has 9 heteroatoms. The third-order valence-electron chi connectivity index (χ3n) is 4.70. The van der Waals surface area contributed by atoms with Gasteiger partial charge in [0.15, 0.2) is 0 Å². The fourth-order valence-corrected chi connectivity index (χ4v) is 4.94. The molecule has 1 aromatic carbocycles. The first-order valence-corrected chi connectivity index (χ1v) is 11.0. The summed E-state index contributed by atoms with van der Waals surface area (Å²) < 4.78 is 27.2. The molecular formula is C20H24N4O4S. The number of nitrogens with zero attached hydrogens (tertiary/aromatic N) is 2. The van der Waals surface area contributed by atoms with Crippen molar-refractivity contribution in [3.63, 3.8) is 0 Å². The number of aromatic nitrogens is 1. The molecule has 0 spiro atoms. The molecule has 1 unspecified atom stereocenters. The summed E-state index contributed by atoms with van der Waals surface area (Å²) >= 11 is 0. The van der Waals surface area contributed by atoms with E-state index in [2.05, 4.69) is 15.6 Å². The van der Waals surface area contributed by atoms with Gasteiger partial charge in [0.25, 0.3) is 0 Å². The molecule has 0 radical (unpaired) electrons. The van der Waals surface area contributed by atoms with Crippen LogP contribution >= 0.6 is 0 Å². The average molecular weight is 417 g/mol. The van der Waals surface area contributed by atoms with Crippen LogP contribution in [0.4, 0.5) is 5.69 Å². The minimum Gasteiger partial charge on any atom is -0.354 e. The van der Waals surface area contributed by atoms with Crippen molar-refractivity contribution in [3.8, 4) is 0 Å². The van der Waals surface area contributed by atoms with Gasteiger partial charge in [-0.25, -0.2) is 8.42 Å². The van der Waals surface area contributed by atoms with Gasteiger partial charge in [0.05, 0.1) is 16.8 Å². The lowest BCUT2D eigenvalue weighted by Crippen LogP contribution is -2.52. The highest BCUT2D eigenvalue weighted by Crippen LogP contribution is 2.25. The summed E-state index contributed by atoms with van der Waals surface area (Å²) in [5, 5.41) is 5.39. The lowest BCUT2D eigenvalue weighted by Gasteiger charge is -2.33. The summed E-state index contributed by atoms with van der Waals surface area (Å²) in [6, 6.07) is 10.8. The number of anilines is 1. The van der Waals surface area contributed by atoms with Gasteiger partial charge in [-0.2, -0.15) is 4.31 Å². The number of piperidine rings is 1. The second-order valence-corrected chi connectivity index (χ2v) is 8.66. The first-order valence-electron chi connectivity index (χ1n) is 9.53. The average Bonchev–Trinajstić information content (AvgIpc) is 2.75. The Kier molecular flexibility index (Phi) is 6.95. The molecule has 2 aromatic rings. The van der Waals surface area contributed by atoms with Crippen molar-refractivity contribution < 1.29 is 18.0 Å². The summed E-state index contributed by atoms with van der Waals surface area (Å²) in [4.78, 5) is 28.7. The number of hydrogen-bond acceptors (Lipinski definition) is 5. The number of nitrogens with one attached hydrogen (secondary N) is 2. The predicted molar refractivity (Wildman–Crippen MR) is 108 cm³/mol. The van der Waals surface area contributed by atoms with E-state index in [1.807, 2.05) is 0 Å². The summed E-state index contributed by atoms with van der Waals surface area (Å²) in [5.41, 5.74) is 0.580. The third-order valence-corrected chi connectivity index (χ3v) is 6.63. The highest BCUT2D eigenvalue weighted by molar-refractivity contribution is 7.89. The molecule has 1 aliphatic heterocycles. The Labute approximate surface area is 170 Å². The number of carbonyl (C=O) groups excluding carboxylic acids is 2. The monoisotopic (exact) mass is 416 g/mol. The number of rotatable bonds is 7. The van der Waals surface area contributed by atoms with Gasteiger partial charge in [-0.15, -0.1) is 0 Å². The third kappa shape index (κ3) is 5.39. The van der Waals surface area contributed by atoms with E-state index in [-0.39, 0.29) is 29.7 Å². The molecule has 3 rings (SSSR count). The van der Waals surface area contributed by atoms with Crippen LogP contribution in [-0.4, -0.2) is 48.7 Å². The molecule has 1 fully saturated rings. The van der Waals surface area contributed by atoms with Gasteiger partial charge in [-0.1, -0.05) is 24.6 Å². The van der Waals surface area contributed by atoms with Gasteiger partial charge >= 0.3 is 0 Å². The first kappa shape index (κ1) is 20.9. The fourth-order valence-electron chi connectivity index (χ4n) is 3.26. The van der Waals surface area contributed by atoms with Crippen LogP contribution in [0.1, 0.15) is 25.7 Å². The molecule has 29 heavy (non-hydrogen) atoms. The topological polar surface area (TPSA) is 108 Å². The number of carbonyl (C=O) groups is 2. The van der Waals surface area contributed by atoms with Gasteiger partial charge in [-0.05, 0) is 37.1 Å². The molecule has 8 nitrogen and oxygen atoms in total. The van der Waals surface area contributed by atoms with Crippen LogP contribution in [0.2, 0.25) is 0 Å². The zero-order valence-electron chi connectivity index (χ0n) is 16.0. The van der Waals surface area contributed by atoms with Gasteiger partial charge in [-0.3, -0.25) is 14.6 Å². The lowest BCUT2D eigenvalue weighted by molar-refractivity contribution is -0.125. The van der Waals surface area contributed by atoms with Crippen LogP contribution in [0.5, 0.6) is 0 Å². The molecule has 1 saturated heterocycles. The Hall–Kier alpha value is -2.78. The molecule has 154 valence electrons. The van der Waals surface area contributed by atoms with Crippen molar-refractivity contribution in [2.45, 2.75) is 36.6 Å². The smallest absolute Gasteiger partial charge is 0.243 e. The number of amides is 2. The van der Waals surface area contributed by atoms with Gasteiger partial charge in [0.1, 0.15) is 6.04 Å². The second kappa shape index (κ2) is 9.62. The Balaban J connectivity index is 1.58. The van der Waals surface area contributed by atoms with Crippen molar-refractivity contribution in [3.05, 3.63) is 54.9 Å². The summed E-state index contributed by atoms with van der Waals surface area (Å²) in [5.74, 6) is -0.630. The van der Waals surface area contributed by atoms with E-state index >= 15 is 0 Å². The molecule has 2 amide bonds. The van der Waals surface area contributed by atoms with E-state index in [4.69, 9.17) is 0 Å². The molecule has 0 bridgehead atoms. The summed E-state index contributed by atoms with van der Waals surface area (Å²) in [7, 11) is -3.75. The van der Waals surface area contributed by atoms with Crippen molar-refractivity contribution >= 4 is 27.5 Å². The van der Waals surface area contributed by atoms with E-state index in [1.54, 1.807) is 36.5 Å². The van der Waals surface area contributed by atoms with Crippen LogP contribution in [0, 0.1) is 0 Å². The molecule has 0 saturated carbocycles. The largest absolute Gasteiger partial charge is 0.354 e. The van der Waals surface area contributed by atoms with Crippen LogP contribution in [0.3, 0.4) is 0 Å². The Morgan fingerprint density at radius 2 is 1.90 bits per heavy atom. The summed E-state index contributed by atoms with van der Waals surface area (Å²) in [6.07, 6.45) is 5.17. The van der Waals surface area contributed by atoms with Gasteiger partial charge in [0, 0.05) is 25.7 Å². The number of hydrogen-bond donors (Lipinski definition) is 2. The lowest BCUT2D eigenvalue weighted by atomic mass is 10.0. The van der Waals surface area contributed by atoms with Crippen molar-refractivity contribution in [1.29, 1.82) is 0 Å². The zero-order valence-corrected chi connectivity index (χ0v) is 16.8. The maximum Gasteiger partial charge on any atom is 0.243 e. The van der Waals surface area contributed by atoms with E-state index in [1.165, 1.54) is 22.6 Å². The quantitative estimate of drug-likeness (QED) is 0.715. The Bertz CT molecular complexity index is 935.